The van der Waals surface area contributed by atoms with Crippen LogP contribution in [-0.2, 0) is 14.3 Å². The summed E-state index contributed by atoms with van der Waals surface area (Å²) in [4.78, 5) is 24.2. The highest BCUT2D eigenvalue weighted by molar-refractivity contribution is 14.1. The van der Waals surface area contributed by atoms with Gasteiger partial charge in [-0.3, -0.25) is 4.79 Å². The molecule has 0 saturated heterocycles. The number of halogens is 1. The summed E-state index contributed by atoms with van der Waals surface area (Å²) < 4.78 is 16.4. The maximum absolute atomic E-state index is 12.6. The Morgan fingerprint density at radius 1 is 1.26 bits per heavy atom. The zero-order valence-corrected chi connectivity index (χ0v) is 19.6. The fourth-order valence-electron chi connectivity index (χ4n) is 2.71. The molecule has 0 heterocycles. The summed E-state index contributed by atoms with van der Waals surface area (Å²) in [5, 5.41) is 12.3. The predicted octanol–water partition coefficient (Wildman–Crippen LogP) is 4.03. The molecule has 0 unspecified atom stereocenters. The monoisotopic (exact) mass is 534 g/mol. The van der Waals surface area contributed by atoms with Crippen LogP contribution >= 0.6 is 22.6 Å². The van der Waals surface area contributed by atoms with E-state index in [1.54, 1.807) is 19.1 Å². The second-order valence-corrected chi connectivity index (χ2v) is 7.57. The fourth-order valence-corrected chi connectivity index (χ4v) is 3.49. The molecule has 162 valence electrons. The lowest BCUT2D eigenvalue weighted by Crippen LogP contribution is -2.27. The van der Waals surface area contributed by atoms with E-state index in [2.05, 4.69) is 5.32 Å². The van der Waals surface area contributed by atoms with E-state index in [1.807, 2.05) is 65.9 Å². The van der Waals surface area contributed by atoms with Gasteiger partial charge in [0, 0.05) is 0 Å². The summed E-state index contributed by atoms with van der Waals surface area (Å²) in [7, 11) is 1.47. The Bertz CT molecular complexity index is 999. The van der Waals surface area contributed by atoms with Gasteiger partial charge in [-0.15, -0.1) is 0 Å². The van der Waals surface area contributed by atoms with Gasteiger partial charge in [0.1, 0.15) is 11.6 Å². The summed E-state index contributed by atoms with van der Waals surface area (Å²) in [5.41, 5.74) is 1.48. The molecule has 0 fully saturated rings. The Morgan fingerprint density at radius 3 is 2.58 bits per heavy atom. The highest BCUT2D eigenvalue weighted by atomic mass is 127. The summed E-state index contributed by atoms with van der Waals surface area (Å²) in [5.74, 6) is -0.206. The molecule has 0 aromatic heterocycles. The molecule has 0 aliphatic heterocycles. The van der Waals surface area contributed by atoms with Crippen molar-refractivity contribution in [1.82, 2.24) is 5.32 Å². The lowest BCUT2D eigenvalue weighted by atomic mass is 10.1. The van der Waals surface area contributed by atoms with Gasteiger partial charge >= 0.3 is 5.97 Å². The molecule has 2 rings (SSSR count). The van der Waals surface area contributed by atoms with E-state index in [-0.39, 0.29) is 24.8 Å². The van der Waals surface area contributed by atoms with Crippen molar-refractivity contribution in [3.05, 3.63) is 62.7 Å². The Morgan fingerprint density at radius 2 is 1.97 bits per heavy atom. The van der Waals surface area contributed by atoms with Gasteiger partial charge in [0.2, 0.25) is 0 Å². The van der Waals surface area contributed by atoms with Crippen molar-refractivity contribution in [3.8, 4) is 17.6 Å². The van der Waals surface area contributed by atoms with Crippen molar-refractivity contribution in [3.63, 3.8) is 0 Å². The number of rotatable bonds is 9. The van der Waals surface area contributed by atoms with Gasteiger partial charge in [-0.1, -0.05) is 30.3 Å². The van der Waals surface area contributed by atoms with Gasteiger partial charge in [-0.25, -0.2) is 4.79 Å². The van der Waals surface area contributed by atoms with Crippen LogP contribution in [-0.4, -0.2) is 32.2 Å². The fraction of sp³-hybridized carbons (Fsp3) is 0.261. The first-order valence-electron chi connectivity index (χ1n) is 9.53. The topological polar surface area (TPSA) is 97.7 Å². The number of nitrogens with one attached hydrogen (secondary N) is 1. The number of nitrogens with zero attached hydrogens (tertiary/aromatic N) is 1. The molecule has 1 atom stereocenters. The summed E-state index contributed by atoms with van der Waals surface area (Å²) >= 11 is 2.04. The maximum atomic E-state index is 12.6. The quantitative estimate of drug-likeness (QED) is 0.226. The van der Waals surface area contributed by atoms with Crippen molar-refractivity contribution in [2.45, 2.75) is 19.9 Å². The van der Waals surface area contributed by atoms with Crippen LogP contribution in [0.4, 0.5) is 0 Å². The molecule has 7 nitrogen and oxygen atoms in total. The van der Waals surface area contributed by atoms with E-state index in [0.717, 1.165) is 5.56 Å². The molecule has 31 heavy (non-hydrogen) atoms. The molecule has 0 bridgehead atoms. The molecule has 1 amide bonds. The molecule has 0 radical (unpaired) electrons. The molecular weight excluding hydrogens is 511 g/mol. The largest absolute Gasteiger partial charge is 0.493 e. The third kappa shape index (κ3) is 7.00. The smallest absolute Gasteiger partial charge is 0.344 e. The average molecular weight is 534 g/mol. The van der Waals surface area contributed by atoms with Gasteiger partial charge in [0.25, 0.3) is 5.91 Å². The zero-order valence-electron chi connectivity index (χ0n) is 17.5. The van der Waals surface area contributed by atoms with Crippen LogP contribution < -0.4 is 14.8 Å². The predicted molar refractivity (Wildman–Crippen MR) is 124 cm³/mol. The van der Waals surface area contributed by atoms with Crippen molar-refractivity contribution < 1.29 is 23.8 Å². The first-order valence-corrected chi connectivity index (χ1v) is 10.6. The summed E-state index contributed by atoms with van der Waals surface area (Å²) in [6, 6.07) is 14.5. The third-order valence-electron chi connectivity index (χ3n) is 4.21. The van der Waals surface area contributed by atoms with E-state index < -0.39 is 11.9 Å². The van der Waals surface area contributed by atoms with Crippen LogP contribution in [0.5, 0.6) is 11.5 Å². The van der Waals surface area contributed by atoms with Gasteiger partial charge in [0.05, 0.1) is 23.3 Å². The van der Waals surface area contributed by atoms with Gasteiger partial charge in [0.15, 0.2) is 18.1 Å². The standard InChI is InChI=1S/C23H23IN2O5/c1-4-30-21(27)14-31-22-19(24)11-16(12-20(22)29-3)10-18(13-25)23(28)26-15(2)17-8-6-5-7-9-17/h5-12,15H,4,14H2,1-3H3,(H,26,28)/b18-10-/t15-/m1/s1. The first kappa shape index (κ1) is 24.2. The number of carbonyl (C=O) groups is 2. The van der Waals surface area contributed by atoms with E-state index in [9.17, 15) is 14.9 Å². The van der Waals surface area contributed by atoms with Crippen LogP contribution in [0.25, 0.3) is 6.08 Å². The molecule has 0 spiro atoms. The Balaban J connectivity index is 2.21. The van der Waals surface area contributed by atoms with Crippen LogP contribution in [0.2, 0.25) is 0 Å². The second-order valence-electron chi connectivity index (χ2n) is 6.40. The molecule has 0 aliphatic carbocycles. The highest BCUT2D eigenvalue weighted by Crippen LogP contribution is 2.34. The minimum absolute atomic E-state index is 0.0409. The number of hydrogen-bond donors (Lipinski definition) is 1. The average Bonchev–Trinajstić information content (AvgIpc) is 2.76. The Kier molecular flexibility index (Phi) is 9.34. The van der Waals surface area contributed by atoms with Crippen LogP contribution in [0, 0.1) is 14.9 Å². The SMILES string of the molecule is CCOC(=O)COc1c(I)cc(/C=C(/C#N)C(=O)N[C@H](C)c2ccccc2)cc1OC. The van der Waals surface area contributed by atoms with Crippen LogP contribution in [0.15, 0.2) is 48.0 Å². The molecule has 0 aliphatic rings. The highest BCUT2D eigenvalue weighted by Gasteiger charge is 2.16. The zero-order chi connectivity index (χ0) is 22.8. The molecule has 1 N–H and O–H groups in total. The first-order chi connectivity index (χ1) is 14.9. The molecule has 0 saturated carbocycles. The number of methoxy groups -OCH3 is 1. The molecule has 2 aromatic carbocycles. The summed E-state index contributed by atoms with van der Waals surface area (Å²) in [6.07, 6.45) is 1.48. The lowest BCUT2D eigenvalue weighted by molar-refractivity contribution is -0.145. The van der Waals surface area contributed by atoms with Crippen molar-refractivity contribution in [1.29, 1.82) is 5.26 Å². The maximum Gasteiger partial charge on any atom is 0.344 e. The van der Waals surface area contributed by atoms with Gasteiger partial charge in [-0.05, 0) is 65.8 Å². The second kappa shape index (κ2) is 12.0. The van der Waals surface area contributed by atoms with E-state index in [1.165, 1.54) is 13.2 Å². The van der Waals surface area contributed by atoms with Crippen molar-refractivity contribution in [2.24, 2.45) is 0 Å². The number of ether oxygens (including phenoxy) is 3. The number of hydrogen-bond acceptors (Lipinski definition) is 6. The Labute approximate surface area is 195 Å². The van der Waals surface area contributed by atoms with Gasteiger partial charge < -0.3 is 19.5 Å². The van der Waals surface area contributed by atoms with Crippen molar-refractivity contribution in [2.75, 3.05) is 20.3 Å². The van der Waals surface area contributed by atoms with E-state index >= 15 is 0 Å². The van der Waals surface area contributed by atoms with Crippen LogP contribution in [0.1, 0.15) is 31.0 Å². The van der Waals surface area contributed by atoms with Gasteiger partial charge in [-0.2, -0.15) is 5.26 Å². The summed E-state index contributed by atoms with van der Waals surface area (Å²) in [6.45, 7) is 3.58. The molecular formula is C23H23IN2O5. The number of nitriles is 1. The number of benzene rings is 2. The van der Waals surface area contributed by atoms with Crippen LogP contribution in [0.3, 0.4) is 0 Å². The number of esters is 1. The molecule has 8 heteroatoms. The van der Waals surface area contributed by atoms with Crippen molar-refractivity contribution >= 4 is 40.5 Å². The lowest BCUT2D eigenvalue weighted by Gasteiger charge is -2.14. The molecule has 2 aromatic rings. The number of amides is 1. The van der Waals surface area contributed by atoms with E-state index in [0.29, 0.717) is 20.6 Å². The normalized spacial score (nSPS) is 11.8. The van der Waals surface area contributed by atoms with E-state index in [4.69, 9.17) is 14.2 Å². The third-order valence-corrected chi connectivity index (χ3v) is 5.02. The minimum atomic E-state index is -0.486. The minimum Gasteiger partial charge on any atom is -0.493 e. The number of carbonyl (C=O) groups excluding carboxylic acids is 2. The Hall–Kier alpha value is -3.06.